The maximum atomic E-state index is 12.8. The second-order valence-electron chi connectivity index (χ2n) is 6.28. The zero-order valence-corrected chi connectivity index (χ0v) is 14.8. The van der Waals surface area contributed by atoms with Crippen LogP contribution in [-0.2, 0) is 0 Å². The third-order valence-corrected chi connectivity index (χ3v) is 4.70. The van der Waals surface area contributed by atoms with Crippen molar-refractivity contribution in [2.75, 3.05) is 19.0 Å². The van der Waals surface area contributed by atoms with Gasteiger partial charge in [0.05, 0.1) is 29.8 Å². The first kappa shape index (κ1) is 17.7. The molecule has 2 aromatic carbocycles. The second kappa shape index (κ2) is 7.43. The van der Waals surface area contributed by atoms with E-state index in [4.69, 9.17) is 4.74 Å². The fraction of sp³-hybridized carbons (Fsp3) is 0.316. The molecule has 7 heteroatoms. The minimum Gasteiger partial charge on any atom is -0.494 e. The van der Waals surface area contributed by atoms with Crippen molar-refractivity contribution in [2.45, 2.75) is 25.8 Å². The molecule has 2 amide bonds. The van der Waals surface area contributed by atoms with Crippen LogP contribution in [-0.4, -0.2) is 29.5 Å². The van der Waals surface area contributed by atoms with Crippen LogP contribution in [0.4, 0.5) is 16.2 Å². The summed E-state index contributed by atoms with van der Waals surface area (Å²) in [5, 5.41) is 13.7. The van der Waals surface area contributed by atoms with Gasteiger partial charge in [-0.05, 0) is 37.0 Å². The molecule has 1 fully saturated rings. The molecule has 0 radical (unpaired) electrons. The van der Waals surface area contributed by atoms with Gasteiger partial charge in [0.2, 0.25) is 0 Å². The van der Waals surface area contributed by atoms with Crippen LogP contribution in [0, 0.1) is 17.0 Å². The minimum absolute atomic E-state index is 0.0280. The van der Waals surface area contributed by atoms with Crippen LogP contribution in [0.1, 0.15) is 30.0 Å². The lowest BCUT2D eigenvalue weighted by Crippen LogP contribution is -2.34. The van der Waals surface area contributed by atoms with E-state index in [1.54, 1.807) is 0 Å². The largest absolute Gasteiger partial charge is 0.494 e. The maximum Gasteiger partial charge on any atom is 0.322 e. The summed E-state index contributed by atoms with van der Waals surface area (Å²) in [6.07, 6.45) is 1.85. The number of methoxy groups -OCH3 is 1. The van der Waals surface area contributed by atoms with Crippen molar-refractivity contribution in [1.82, 2.24) is 4.90 Å². The van der Waals surface area contributed by atoms with E-state index in [2.05, 4.69) is 11.4 Å². The molecular weight excluding hydrogens is 334 g/mol. The molecular formula is C19H21N3O4. The highest BCUT2D eigenvalue weighted by molar-refractivity contribution is 5.91. The first-order chi connectivity index (χ1) is 12.5. The van der Waals surface area contributed by atoms with Gasteiger partial charge >= 0.3 is 6.03 Å². The van der Waals surface area contributed by atoms with E-state index in [0.29, 0.717) is 12.2 Å². The van der Waals surface area contributed by atoms with Crippen molar-refractivity contribution >= 4 is 17.4 Å². The Balaban J connectivity index is 1.81. The van der Waals surface area contributed by atoms with Crippen molar-refractivity contribution in [2.24, 2.45) is 0 Å². The molecule has 0 aliphatic carbocycles. The zero-order chi connectivity index (χ0) is 18.7. The van der Waals surface area contributed by atoms with Crippen LogP contribution in [0.3, 0.4) is 0 Å². The molecule has 1 N–H and O–H groups in total. The summed E-state index contributed by atoms with van der Waals surface area (Å²) in [4.78, 5) is 25.0. The number of likely N-dealkylation sites (tertiary alicyclic amines) is 1. The molecule has 0 unspecified atom stereocenters. The van der Waals surface area contributed by atoms with Gasteiger partial charge in [0.15, 0.2) is 0 Å². The van der Waals surface area contributed by atoms with E-state index >= 15 is 0 Å². The summed E-state index contributed by atoms with van der Waals surface area (Å²) in [6, 6.07) is 12.0. The number of non-ortho nitro benzene ring substituents is 1. The van der Waals surface area contributed by atoms with Crippen LogP contribution >= 0.6 is 0 Å². The SMILES string of the molecule is COc1cc([N+](=O)[O-])ccc1NC(=O)N1CCC[C@H]1c1ccccc1C. The number of benzene rings is 2. The first-order valence-electron chi connectivity index (χ1n) is 8.47. The summed E-state index contributed by atoms with van der Waals surface area (Å²) in [7, 11) is 1.42. The van der Waals surface area contributed by atoms with E-state index in [-0.39, 0.29) is 23.5 Å². The summed E-state index contributed by atoms with van der Waals surface area (Å²) >= 11 is 0. The number of ether oxygens (including phenoxy) is 1. The molecule has 3 rings (SSSR count). The smallest absolute Gasteiger partial charge is 0.322 e. The van der Waals surface area contributed by atoms with Crippen molar-refractivity contribution in [1.29, 1.82) is 0 Å². The average molecular weight is 355 g/mol. The van der Waals surface area contributed by atoms with Gasteiger partial charge < -0.3 is 15.0 Å². The van der Waals surface area contributed by atoms with E-state index in [0.717, 1.165) is 24.0 Å². The summed E-state index contributed by atoms with van der Waals surface area (Å²) in [6.45, 7) is 2.71. The highest BCUT2D eigenvalue weighted by atomic mass is 16.6. The number of amides is 2. The van der Waals surface area contributed by atoms with Crippen LogP contribution in [0.15, 0.2) is 42.5 Å². The average Bonchev–Trinajstić information content (AvgIpc) is 3.11. The number of aryl methyl sites for hydroxylation is 1. The van der Waals surface area contributed by atoms with E-state index in [1.807, 2.05) is 30.0 Å². The van der Waals surface area contributed by atoms with Crippen LogP contribution in [0.25, 0.3) is 0 Å². The fourth-order valence-corrected chi connectivity index (χ4v) is 3.38. The quantitative estimate of drug-likeness (QED) is 0.655. The first-order valence-corrected chi connectivity index (χ1v) is 8.47. The third-order valence-electron chi connectivity index (χ3n) is 4.70. The van der Waals surface area contributed by atoms with Crippen molar-refractivity contribution < 1.29 is 14.5 Å². The molecule has 0 saturated carbocycles. The zero-order valence-electron chi connectivity index (χ0n) is 14.8. The van der Waals surface area contributed by atoms with Crippen LogP contribution < -0.4 is 10.1 Å². The van der Waals surface area contributed by atoms with Gasteiger partial charge in [-0.1, -0.05) is 24.3 Å². The predicted octanol–water partition coefficient (Wildman–Crippen LogP) is 4.28. The molecule has 2 aromatic rings. The Bertz CT molecular complexity index is 837. The van der Waals surface area contributed by atoms with E-state index in [1.165, 1.54) is 25.3 Å². The predicted molar refractivity (Wildman–Crippen MR) is 98.5 cm³/mol. The minimum atomic E-state index is -0.497. The number of nitrogens with zero attached hydrogens (tertiary/aromatic N) is 2. The molecule has 7 nitrogen and oxygen atoms in total. The lowest BCUT2D eigenvalue weighted by Gasteiger charge is -2.26. The van der Waals surface area contributed by atoms with E-state index < -0.39 is 4.92 Å². The van der Waals surface area contributed by atoms with E-state index in [9.17, 15) is 14.9 Å². The Kier molecular flexibility index (Phi) is 5.06. The fourth-order valence-electron chi connectivity index (χ4n) is 3.38. The van der Waals surface area contributed by atoms with Gasteiger partial charge in [-0.3, -0.25) is 10.1 Å². The number of urea groups is 1. The number of anilines is 1. The Labute approximate surface area is 151 Å². The van der Waals surface area contributed by atoms with Gasteiger partial charge in [0.25, 0.3) is 5.69 Å². The van der Waals surface area contributed by atoms with Gasteiger partial charge in [-0.15, -0.1) is 0 Å². The lowest BCUT2D eigenvalue weighted by atomic mass is 9.99. The molecule has 26 heavy (non-hydrogen) atoms. The monoisotopic (exact) mass is 355 g/mol. The highest BCUT2D eigenvalue weighted by Gasteiger charge is 2.31. The maximum absolute atomic E-state index is 12.8. The number of nitro groups is 1. The lowest BCUT2D eigenvalue weighted by molar-refractivity contribution is -0.384. The van der Waals surface area contributed by atoms with Gasteiger partial charge in [-0.25, -0.2) is 4.79 Å². The number of hydrogen-bond donors (Lipinski definition) is 1. The Morgan fingerprint density at radius 3 is 2.77 bits per heavy atom. The molecule has 1 saturated heterocycles. The normalized spacial score (nSPS) is 16.4. The third kappa shape index (κ3) is 3.46. The summed E-state index contributed by atoms with van der Waals surface area (Å²) in [5.41, 5.74) is 2.64. The van der Waals surface area contributed by atoms with Gasteiger partial charge in [-0.2, -0.15) is 0 Å². The number of nitrogens with one attached hydrogen (secondary N) is 1. The standard InChI is InChI=1S/C19H21N3O4/c1-13-6-3-4-7-15(13)17-8-5-11-21(17)19(23)20-16-10-9-14(22(24)25)12-18(16)26-2/h3-4,6-7,9-10,12,17H,5,8,11H2,1-2H3,(H,20,23)/t17-/m0/s1. The Morgan fingerprint density at radius 2 is 2.08 bits per heavy atom. The Morgan fingerprint density at radius 1 is 1.31 bits per heavy atom. The Hall–Kier alpha value is -3.09. The van der Waals surface area contributed by atoms with Crippen molar-refractivity contribution in [3.63, 3.8) is 0 Å². The second-order valence-corrected chi connectivity index (χ2v) is 6.28. The number of hydrogen-bond acceptors (Lipinski definition) is 4. The number of carbonyl (C=O) groups is 1. The molecule has 0 spiro atoms. The number of carbonyl (C=O) groups excluding carboxylic acids is 1. The van der Waals surface area contributed by atoms with Crippen molar-refractivity contribution in [3.8, 4) is 5.75 Å². The molecule has 1 aliphatic heterocycles. The number of rotatable bonds is 4. The van der Waals surface area contributed by atoms with Crippen LogP contribution in [0.5, 0.6) is 5.75 Å². The topological polar surface area (TPSA) is 84.7 Å². The summed E-state index contributed by atoms with van der Waals surface area (Å²) < 4.78 is 5.19. The number of nitro benzene ring substituents is 1. The molecule has 136 valence electrons. The van der Waals surface area contributed by atoms with Crippen molar-refractivity contribution in [3.05, 3.63) is 63.7 Å². The molecule has 1 aliphatic rings. The molecule has 0 aromatic heterocycles. The van der Waals surface area contributed by atoms with Crippen LogP contribution in [0.2, 0.25) is 0 Å². The van der Waals surface area contributed by atoms with Gasteiger partial charge in [0, 0.05) is 12.6 Å². The molecule has 0 bridgehead atoms. The highest BCUT2D eigenvalue weighted by Crippen LogP contribution is 2.35. The van der Waals surface area contributed by atoms with Gasteiger partial charge in [0.1, 0.15) is 5.75 Å². The summed E-state index contributed by atoms with van der Waals surface area (Å²) in [5.74, 6) is 0.263. The molecule has 1 atom stereocenters. The molecule has 1 heterocycles.